The van der Waals surface area contributed by atoms with Gasteiger partial charge in [0.1, 0.15) is 0 Å². The van der Waals surface area contributed by atoms with Gasteiger partial charge in [-0.05, 0) is 114 Å². The van der Waals surface area contributed by atoms with E-state index in [1.807, 2.05) is 6.07 Å². The van der Waals surface area contributed by atoms with Gasteiger partial charge in [0.2, 0.25) is 0 Å². The summed E-state index contributed by atoms with van der Waals surface area (Å²) in [6.07, 6.45) is 6.48. The highest BCUT2D eigenvalue weighted by atomic mass is 15.0. The number of amidine groups is 1. The molecule has 11 rings (SSSR count). The number of nitrogens with zero attached hydrogens (tertiary/aromatic N) is 2. The number of hydrogen-bond donors (Lipinski definition) is 0. The van der Waals surface area contributed by atoms with Crippen molar-refractivity contribution < 1.29 is 0 Å². The molecule has 270 valence electrons. The molecule has 0 amide bonds. The molecule has 1 atom stereocenters. The average Bonchev–Trinajstić information content (AvgIpc) is 3.67. The van der Waals surface area contributed by atoms with Crippen LogP contribution in [0.5, 0.6) is 0 Å². The van der Waals surface area contributed by atoms with Gasteiger partial charge in [-0.2, -0.15) is 0 Å². The zero-order valence-corrected chi connectivity index (χ0v) is 31.7. The number of rotatable bonds is 6. The van der Waals surface area contributed by atoms with E-state index >= 15 is 0 Å². The first-order valence-corrected chi connectivity index (χ1v) is 20.2. The van der Waals surface area contributed by atoms with Gasteiger partial charge in [0, 0.05) is 12.0 Å². The van der Waals surface area contributed by atoms with E-state index in [0.29, 0.717) is 0 Å². The van der Waals surface area contributed by atoms with Crippen LogP contribution in [0, 0.1) is 0 Å². The van der Waals surface area contributed by atoms with Crippen LogP contribution in [0.15, 0.2) is 204 Å². The molecule has 0 fully saturated rings. The van der Waals surface area contributed by atoms with Gasteiger partial charge in [-0.25, -0.2) is 4.99 Å². The normalized spacial score (nSPS) is 16.2. The number of hydrogen-bond acceptors (Lipinski definition) is 2. The fourth-order valence-corrected chi connectivity index (χ4v) is 9.21. The van der Waals surface area contributed by atoms with Crippen LogP contribution in [0.3, 0.4) is 0 Å². The lowest BCUT2D eigenvalue weighted by Gasteiger charge is -2.21. The van der Waals surface area contributed by atoms with E-state index < -0.39 is 0 Å². The molecule has 2 heteroatoms. The van der Waals surface area contributed by atoms with Gasteiger partial charge in [-0.1, -0.05) is 182 Å². The SMILES string of the molecule is C1=C(c2ccc(-c3ccc(C4=NC(c5ccccc5)=NC(c5ccccc5)C4)cc3)cc2)CCC2=C1c1cc(-c3ccc4ccccc4c3)c3ccccc3c1C2. The number of benzene rings is 8. The van der Waals surface area contributed by atoms with Gasteiger partial charge in [-0.3, -0.25) is 4.99 Å². The quantitative estimate of drug-likeness (QED) is 0.163. The largest absolute Gasteiger partial charge is 0.258 e. The maximum atomic E-state index is 5.10. The molecule has 8 aromatic carbocycles. The second-order valence-corrected chi connectivity index (χ2v) is 15.6. The van der Waals surface area contributed by atoms with Crippen LogP contribution in [-0.4, -0.2) is 11.5 Å². The van der Waals surface area contributed by atoms with Crippen molar-refractivity contribution in [3.63, 3.8) is 0 Å². The van der Waals surface area contributed by atoms with Gasteiger partial charge in [0.25, 0.3) is 0 Å². The Bertz CT molecular complexity index is 2960. The molecule has 0 N–H and O–H groups in total. The molecule has 57 heavy (non-hydrogen) atoms. The van der Waals surface area contributed by atoms with Crippen LogP contribution in [0.2, 0.25) is 0 Å². The fourth-order valence-electron chi connectivity index (χ4n) is 9.21. The van der Waals surface area contributed by atoms with E-state index in [1.165, 1.54) is 77.2 Å². The first-order valence-electron chi connectivity index (χ1n) is 20.2. The third kappa shape index (κ3) is 6.15. The van der Waals surface area contributed by atoms with Gasteiger partial charge in [-0.15, -0.1) is 0 Å². The smallest absolute Gasteiger partial charge is 0.155 e. The summed E-state index contributed by atoms with van der Waals surface area (Å²) in [4.78, 5) is 10.2. The molecule has 0 saturated carbocycles. The summed E-state index contributed by atoms with van der Waals surface area (Å²) in [5, 5.41) is 5.28. The predicted octanol–water partition coefficient (Wildman–Crippen LogP) is 13.9. The summed E-state index contributed by atoms with van der Waals surface area (Å²) in [7, 11) is 0. The van der Waals surface area contributed by atoms with Crippen LogP contribution < -0.4 is 0 Å². The molecule has 8 aromatic rings. The zero-order valence-electron chi connectivity index (χ0n) is 31.7. The van der Waals surface area contributed by atoms with Crippen LogP contribution in [-0.2, 0) is 6.42 Å². The summed E-state index contributed by atoms with van der Waals surface area (Å²) in [6, 6.07) is 66.1. The van der Waals surface area contributed by atoms with E-state index in [4.69, 9.17) is 9.98 Å². The van der Waals surface area contributed by atoms with Crippen LogP contribution >= 0.6 is 0 Å². The summed E-state index contributed by atoms with van der Waals surface area (Å²) in [5.41, 5.74) is 18.1. The molecule has 3 aliphatic rings. The second kappa shape index (κ2) is 14.0. The maximum absolute atomic E-state index is 5.10. The lowest BCUT2D eigenvalue weighted by atomic mass is 9.87. The Hall–Kier alpha value is -6.90. The van der Waals surface area contributed by atoms with Crippen molar-refractivity contribution >= 4 is 44.2 Å². The monoisotopic (exact) mass is 728 g/mol. The third-order valence-electron chi connectivity index (χ3n) is 12.2. The number of aliphatic imine (C=N–C) groups is 2. The molecule has 1 aliphatic heterocycles. The van der Waals surface area contributed by atoms with E-state index in [9.17, 15) is 0 Å². The Morgan fingerprint density at radius 2 is 1.09 bits per heavy atom. The number of allylic oxidation sites excluding steroid dienone is 4. The Labute approximate surface area is 333 Å². The van der Waals surface area contributed by atoms with Crippen molar-refractivity contribution in [3.05, 3.63) is 227 Å². The van der Waals surface area contributed by atoms with E-state index in [2.05, 4.69) is 182 Å². The molecule has 0 spiro atoms. The standard InChI is InChI=1S/C55H40N2/c1-3-12-40(13-4-1)53-35-54(57-55(56-53)42-14-5-2-6-15-42)41-26-23-38(24-27-41)37-19-21-39(22-20-37)44-28-30-46-33-51-48-18-10-9-17-47(48)50(34-52(51)49(46)32-44)45-29-25-36-11-7-8-16-43(36)31-45/h1-27,29,31-32,34,53H,28,30,33,35H2. The van der Waals surface area contributed by atoms with Crippen molar-refractivity contribution in [1.29, 1.82) is 0 Å². The van der Waals surface area contributed by atoms with Gasteiger partial charge >= 0.3 is 0 Å². The Balaban J connectivity index is 0.877. The topological polar surface area (TPSA) is 24.7 Å². The lowest BCUT2D eigenvalue weighted by Crippen LogP contribution is -2.17. The van der Waals surface area contributed by atoms with Crippen LogP contribution in [0.1, 0.15) is 58.7 Å². The van der Waals surface area contributed by atoms with E-state index in [-0.39, 0.29) is 6.04 Å². The Morgan fingerprint density at radius 3 is 1.86 bits per heavy atom. The highest BCUT2D eigenvalue weighted by molar-refractivity contribution is 6.14. The summed E-state index contributed by atoms with van der Waals surface area (Å²) >= 11 is 0. The fraction of sp³-hybridized carbons (Fsp3) is 0.0909. The van der Waals surface area contributed by atoms with Crippen molar-refractivity contribution in [2.24, 2.45) is 9.98 Å². The minimum Gasteiger partial charge on any atom is -0.258 e. The average molecular weight is 729 g/mol. The second-order valence-electron chi connectivity index (χ2n) is 15.6. The summed E-state index contributed by atoms with van der Waals surface area (Å²) in [5.74, 6) is 0.796. The molecule has 0 radical (unpaired) electrons. The van der Waals surface area contributed by atoms with Crippen LogP contribution in [0.25, 0.3) is 54.9 Å². The first kappa shape index (κ1) is 33.4. The molecular weight excluding hydrogens is 689 g/mol. The van der Waals surface area contributed by atoms with Crippen LogP contribution in [0.4, 0.5) is 0 Å². The van der Waals surface area contributed by atoms with E-state index in [0.717, 1.165) is 48.4 Å². The van der Waals surface area contributed by atoms with Crippen molar-refractivity contribution in [1.82, 2.24) is 0 Å². The minimum atomic E-state index is 0.0331. The maximum Gasteiger partial charge on any atom is 0.155 e. The van der Waals surface area contributed by atoms with Crippen molar-refractivity contribution in [2.45, 2.75) is 31.7 Å². The van der Waals surface area contributed by atoms with Gasteiger partial charge in [0.15, 0.2) is 5.84 Å². The van der Waals surface area contributed by atoms with Gasteiger partial charge in [0.05, 0.1) is 11.8 Å². The molecule has 0 bridgehead atoms. The molecule has 1 heterocycles. The molecular formula is C55H40N2. The molecule has 0 aromatic heterocycles. The first-order chi connectivity index (χ1) is 28.2. The van der Waals surface area contributed by atoms with Crippen molar-refractivity contribution in [2.75, 3.05) is 0 Å². The Morgan fingerprint density at radius 1 is 0.456 bits per heavy atom. The summed E-state index contributed by atoms with van der Waals surface area (Å²) in [6.45, 7) is 0. The third-order valence-corrected chi connectivity index (χ3v) is 12.2. The van der Waals surface area contributed by atoms with Crippen molar-refractivity contribution in [3.8, 4) is 22.3 Å². The zero-order chi connectivity index (χ0) is 37.7. The Kier molecular flexibility index (Phi) is 8.21. The van der Waals surface area contributed by atoms with Gasteiger partial charge < -0.3 is 0 Å². The predicted molar refractivity (Wildman–Crippen MR) is 240 cm³/mol. The van der Waals surface area contributed by atoms with E-state index in [1.54, 1.807) is 5.57 Å². The number of fused-ring (bicyclic) bond motifs is 5. The highest BCUT2D eigenvalue weighted by Crippen LogP contribution is 2.47. The molecule has 0 saturated heterocycles. The highest BCUT2D eigenvalue weighted by Gasteiger charge is 2.27. The minimum absolute atomic E-state index is 0.0331. The molecule has 1 unspecified atom stereocenters. The summed E-state index contributed by atoms with van der Waals surface area (Å²) < 4.78 is 0. The molecule has 2 aliphatic carbocycles. The molecule has 2 nitrogen and oxygen atoms in total. The lowest BCUT2D eigenvalue weighted by molar-refractivity contribution is 0.753.